The lowest BCUT2D eigenvalue weighted by molar-refractivity contribution is -0.156. The Morgan fingerprint density at radius 1 is 1.14 bits per heavy atom. The molecule has 3 aliphatic rings. The number of amides is 2. The normalized spacial score (nSPS) is 21.3. The van der Waals surface area contributed by atoms with E-state index in [1.54, 1.807) is 6.07 Å². The van der Waals surface area contributed by atoms with E-state index in [0.717, 1.165) is 0 Å². The van der Waals surface area contributed by atoms with Crippen molar-refractivity contribution in [2.45, 2.75) is 77.9 Å². The third-order valence-electron chi connectivity index (χ3n) is 6.36. The van der Waals surface area contributed by atoms with Crippen molar-refractivity contribution in [2.75, 3.05) is 37.7 Å². The Bertz CT molecular complexity index is 938. The molecule has 2 amide bonds. The van der Waals surface area contributed by atoms with E-state index in [4.69, 9.17) is 9.47 Å². The van der Waals surface area contributed by atoms with Gasteiger partial charge >= 0.3 is 5.97 Å². The summed E-state index contributed by atoms with van der Waals surface area (Å²) >= 11 is 0. The second-order valence-corrected chi connectivity index (χ2v) is 9.95. The van der Waals surface area contributed by atoms with Crippen LogP contribution in [0, 0.1) is 5.82 Å². The Hall–Kier alpha value is -2.68. The Labute approximate surface area is 207 Å². The second kappa shape index (κ2) is 11.4. The highest BCUT2D eigenvalue weighted by Gasteiger charge is 2.37. The van der Waals surface area contributed by atoms with E-state index in [1.807, 2.05) is 44.4 Å². The fourth-order valence-corrected chi connectivity index (χ4v) is 4.93. The zero-order chi connectivity index (χ0) is 25.8. The van der Waals surface area contributed by atoms with Gasteiger partial charge in [-0.1, -0.05) is 13.8 Å². The molecule has 3 heterocycles. The Kier molecular flexibility index (Phi) is 8.74. The van der Waals surface area contributed by atoms with Crippen molar-refractivity contribution >= 4 is 23.5 Å². The summed E-state index contributed by atoms with van der Waals surface area (Å²) in [5.74, 6) is -0.701. The van der Waals surface area contributed by atoms with E-state index >= 15 is 4.39 Å². The maximum atomic E-state index is 15.0. The average Bonchev–Trinajstić information content (AvgIpc) is 2.79. The molecule has 8 nitrogen and oxygen atoms in total. The molecule has 9 heteroatoms. The molecule has 1 aromatic rings. The number of hydrogen-bond donors (Lipinski definition) is 1. The highest BCUT2D eigenvalue weighted by molar-refractivity contribution is 6.02. The summed E-state index contributed by atoms with van der Waals surface area (Å²) < 4.78 is 26.4. The minimum absolute atomic E-state index is 0.0449. The second-order valence-electron chi connectivity index (χ2n) is 9.95. The number of nitrogens with one attached hydrogen (secondary N) is 1. The predicted octanol–water partition coefficient (Wildman–Crippen LogP) is 3.38. The molecule has 0 radical (unpaired) electrons. The van der Waals surface area contributed by atoms with Crippen LogP contribution in [0.2, 0.25) is 0 Å². The highest BCUT2D eigenvalue weighted by atomic mass is 19.1. The van der Waals surface area contributed by atoms with Crippen molar-refractivity contribution in [1.82, 2.24) is 10.2 Å². The summed E-state index contributed by atoms with van der Waals surface area (Å²) in [5, 5.41) is 2.40. The zero-order valence-corrected chi connectivity index (χ0v) is 21.5. The molecule has 1 aromatic carbocycles. The van der Waals surface area contributed by atoms with Crippen molar-refractivity contribution < 1.29 is 28.2 Å². The fourth-order valence-electron chi connectivity index (χ4n) is 4.93. The van der Waals surface area contributed by atoms with E-state index < -0.39 is 11.6 Å². The lowest BCUT2D eigenvalue weighted by Crippen LogP contribution is -2.54. The van der Waals surface area contributed by atoms with Crippen LogP contribution in [0.25, 0.3) is 0 Å². The van der Waals surface area contributed by atoms with Gasteiger partial charge in [-0.2, -0.15) is 0 Å². The van der Waals surface area contributed by atoms with E-state index in [-0.39, 0.29) is 42.5 Å². The molecule has 35 heavy (non-hydrogen) atoms. The van der Waals surface area contributed by atoms with Gasteiger partial charge in [-0.25, -0.2) is 4.39 Å². The number of rotatable bonds is 4. The average molecular weight is 492 g/mol. The maximum absolute atomic E-state index is 15.0. The van der Waals surface area contributed by atoms with E-state index in [1.165, 1.54) is 6.07 Å². The number of carbonyl (C=O) groups is 3. The number of ether oxygens (including phenoxy) is 2. The standard InChI is InChI=1S/C24H32FN3O5.C2H6/c1-24(2,3)33-20(30)14-27-10-8-15(9-11-27)21-16(25)4-5-17-22(21)32-13-12-28(17)18-6-7-19(29)26-23(18)31;1-2/h4-5,15,18H,6-14H2,1-3H3,(H,26,29,31);1-2H3. The lowest BCUT2D eigenvalue weighted by Gasteiger charge is -2.40. The van der Waals surface area contributed by atoms with Crippen molar-refractivity contribution in [1.29, 1.82) is 0 Å². The largest absolute Gasteiger partial charge is 0.489 e. The van der Waals surface area contributed by atoms with Crippen LogP contribution in [0.5, 0.6) is 5.75 Å². The molecule has 0 aromatic heterocycles. The molecule has 1 atom stereocenters. The van der Waals surface area contributed by atoms with Crippen LogP contribution >= 0.6 is 0 Å². The summed E-state index contributed by atoms with van der Waals surface area (Å²) in [5.41, 5.74) is 0.720. The summed E-state index contributed by atoms with van der Waals surface area (Å²) in [4.78, 5) is 40.1. The zero-order valence-electron chi connectivity index (χ0n) is 21.5. The monoisotopic (exact) mass is 491 g/mol. The Morgan fingerprint density at radius 2 is 1.83 bits per heavy atom. The smallest absolute Gasteiger partial charge is 0.320 e. The third kappa shape index (κ3) is 6.51. The van der Waals surface area contributed by atoms with Gasteiger partial charge < -0.3 is 14.4 Å². The van der Waals surface area contributed by atoms with Gasteiger partial charge in [0.1, 0.15) is 29.8 Å². The first-order valence-corrected chi connectivity index (χ1v) is 12.6. The van der Waals surface area contributed by atoms with Crippen LogP contribution in [0.4, 0.5) is 10.1 Å². The molecule has 1 N–H and O–H groups in total. The SMILES string of the molecule is CC.CC(C)(C)OC(=O)CN1CCC(c2c(F)ccc3c2OCCN3C2CCC(=O)NC2=O)CC1. The third-order valence-corrected chi connectivity index (χ3v) is 6.36. The van der Waals surface area contributed by atoms with Crippen LogP contribution in [0.15, 0.2) is 12.1 Å². The molecule has 194 valence electrons. The van der Waals surface area contributed by atoms with E-state index in [2.05, 4.69) is 5.32 Å². The Morgan fingerprint density at radius 3 is 2.46 bits per heavy atom. The number of benzene rings is 1. The van der Waals surface area contributed by atoms with Crippen LogP contribution in [0.1, 0.15) is 71.8 Å². The number of carbonyl (C=O) groups excluding carboxylic acids is 3. The van der Waals surface area contributed by atoms with Gasteiger partial charge in [0.25, 0.3) is 0 Å². The lowest BCUT2D eigenvalue weighted by atomic mass is 9.87. The molecule has 0 aliphatic carbocycles. The summed E-state index contributed by atoms with van der Waals surface area (Å²) in [6.45, 7) is 11.9. The number of fused-ring (bicyclic) bond motifs is 1. The summed E-state index contributed by atoms with van der Waals surface area (Å²) in [6, 6.07) is 2.63. The minimum atomic E-state index is -0.520. The molecule has 4 rings (SSSR count). The highest BCUT2D eigenvalue weighted by Crippen LogP contribution is 2.44. The van der Waals surface area contributed by atoms with Crippen molar-refractivity contribution in [3.8, 4) is 5.75 Å². The van der Waals surface area contributed by atoms with E-state index in [9.17, 15) is 14.4 Å². The van der Waals surface area contributed by atoms with Gasteiger partial charge in [-0.15, -0.1) is 0 Å². The van der Waals surface area contributed by atoms with Crippen LogP contribution < -0.4 is 15.0 Å². The van der Waals surface area contributed by atoms with Gasteiger partial charge in [0.15, 0.2) is 0 Å². The number of imide groups is 1. The maximum Gasteiger partial charge on any atom is 0.320 e. The van der Waals surface area contributed by atoms with Crippen LogP contribution in [-0.4, -0.2) is 67.1 Å². The van der Waals surface area contributed by atoms with Gasteiger partial charge in [-0.05, 0) is 71.2 Å². The van der Waals surface area contributed by atoms with Crippen LogP contribution in [0.3, 0.4) is 0 Å². The van der Waals surface area contributed by atoms with Crippen molar-refractivity contribution in [3.63, 3.8) is 0 Å². The topological polar surface area (TPSA) is 88.2 Å². The number of nitrogens with zero attached hydrogens (tertiary/aromatic N) is 2. The number of anilines is 1. The number of piperidine rings is 2. The predicted molar refractivity (Wildman–Crippen MR) is 131 cm³/mol. The summed E-state index contributed by atoms with van der Waals surface area (Å²) in [6.07, 6.45) is 2.10. The van der Waals surface area contributed by atoms with Gasteiger partial charge in [0, 0.05) is 12.0 Å². The first-order chi connectivity index (χ1) is 16.6. The number of hydrogen-bond acceptors (Lipinski definition) is 7. The number of halogens is 1. The molecule has 0 saturated carbocycles. The Balaban J connectivity index is 0.00000167. The minimum Gasteiger partial charge on any atom is -0.489 e. The molecule has 1 unspecified atom stereocenters. The number of esters is 1. The summed E-state index contributed by atoms with van der Waals surface area (Å²) in [7, 11) is 0. The number of likely N-dealkylation sites (tertiary alicyclic amines) is 1. The molecule has 3 aliphatic heterocycles. The molecule has 2 fully saturated rings. The van der Waals surface area contributed by atoms with Gasteiger partial charge in [0.05, 0.1) is 18.8 Å². The van der Waals surface area contributed by atoms with Gasteiger partial charge in [0.2, 0.25) is 11.8 Å². The molecule has 0 bridgehead atoms. The quantitative estimate of drug-likeness (QED) is 0.510. The molecular formula is C26H38FN3O5. The van der Waals surface area contributed by atoms with E-state index in [0.29, 0.717) is 62.5 Å². The molecular weight excluding hydrogens is 453 g/mol. The van der Waals surface area contributed by atoms with Crippen LogP contribution in [-0.2, 0) is 19.1 Å². The van der Waals surface area contributed by atoms with Gasteiger partial charge in [-0.3, -0.25) is 24.6 Å². The molecule has 2 saturated heterocycles. The fraction of sp³-hybridized carbons (Fsp3) is 0.654. The van der Waals surface area contributed by atoms with Crippen molar-refractivity contribution in [2.24, 2.45) is 0 Å². The molecule has 0 spiro atoms. The van der Waals surface area contributed by atoms with Crippen molar-refractivity contribution in [3.05, 3.63) is 23.5 Å². The first kappa shape index (κ1) is 26.9. The first-order valence-electron chi connectivity index (χ1n) is 12.6.